The molecule has 34 heavy (non-hydrogen) atoms. The third kappa shape index (κ3) is 4.44. The Morgan fingerprint density at radius 2 is 1.79 bits per heavy atom. The quantitative estimate of drug-likeness (QED) is 0.492. The van der Waals surface area contributed by atoms with Gasteiger partial charge in [0.15, 0.2) is 0 Å². The maximum Gasteiger partial charge on any atom is 0.268 e. The molecule has 1 fully saturated rings. The summed E-state index contributed by atoms with van der Waals surface area (Å²) in [7, 11) is 0. The maximum absolute atomic E-state index is 13.6. The Morgan fingerprint density at radius 1 is 1.12 bits per heavy atom. The summed E-state index contributed by atoms with van der Waals surface area (Å²) in [5, 5.41) is 16.1. The third-order valence-electron chi connectivity index (χ3n) is 7.08. The van der Waals surface area contributed by atoms with Gasteiger partial charge in [-0.05, 0) is 42.2 Å². The largest absolute Gasteiger partial charge is 0.384 e. The number of piperidine rings is 1. The zero-order chi connectivity index (χ0) is 24.7. The summed E-state index contributed by atoms with van der Waals surface area (Å²) in [6, 6.07) is 16.0. The fourth-order valence-corrected chi connectivity index (χ4v) is 5.02. The lowest BCUT2D eigenvalue weighted by Crippen LogP contribution is -2.60. The number of likely N-dealkylation sites (tertiary alicyclic amines) is 1. The molecule has 2 heterocycles. The van der Waals surface area contributed by atoms with Crippen molar-refractivity contribution in [3.05, 3.63) is 70.9 Å². The van der Waals surface area contributed by atoms with Crippen LogP contribution in [0.2, 0.25) is 5.02 Å². The monoisotopic (exact) mass is 481 g/mol. The van der Waals surface area contributed by atoms with Crippen molar-refractivity contribution in [2.24, 2.45) is 11.3 Å². The van der Waals surface area contributed by atoms with E-state index in [4.69, 9.17) is 11.6 Å². The van der Waals surface area contributed by atoms with E-state index in [1.165, 1.54) is 0 Å². The molecule has 1 aliphatic rings. The second kappa shape index (κ2) is 9.08. The first-order valence-electron chi connectivity index (χ1n) is 11.7. The molecule has 1 saturated heterocycles. The average Bonchev–Trinajstić information content (AvgIpc) is 3.23. The van der Waals surface area contributed by atoms with Crippen molar-refractivity contribution in [3.8, 4) is 0 Å². The number of aromatic nitrogens is 1. The van der Waals surface area contributed by atoms with E-state index in [1.54, 1.807) is 23.1 Å². The first kappa shape index (κ1) is 24.3. The van der Waals surface area contributed by atoms with Crippen LogP contribution in [0.25, 0.3) is 10.9 Å². The first-order valence-corrected chi connectivity index (χ1v) is 12.1. The van der Waals surface area contributed by atoms with Gasteiger partial charge in [0, 0.05) is 34.4 Å². The Bertz CT molecular complexity index is 1170. The van der Waals surface area contributed by atoms with Gasteiger partial charge in [0.25, 0.3) is 5.91 Å². The predicted molar refractivity (Wildman–Crippen MR) is 135 cm³/mol. The molecule has 4 rings (SSSR count). The first-order chi connectivity index (χ1) is 16.0. The number of carbonyl (C=O) groups is 2. The zero-order valence-electron chi connectivity index (χ0n) is 20.1. The molecular formula is C27H32ClN3O3. The zero-order valence-corrected chi connectivity index (χ0v) is 20.8. The number of halogens is 1. The predicted octanol–water partition coefficient (Wildman–Crippen LogP) is 4.72. The number of nitrogens with one attached hydrogen (secondary N) is 2. The number of amides is 2. The van der Waals surface area contributed by atoms with Crippen LogP contribution >= 0.6 is 11.6 Å². The molecule has 6 nitrogen and oxygen atoms in total. The van der Waals surface area contributed by atoms with Crippen molar-refractivity contribution >= 4 is 34.3 Å². The van der Waals surface area contributed by atoms with Gasteiger partial charge >= 0.3 is 0 Å². The lowest BCUT2D eigenvalue weighted by molar-refractivity contribution is -0.155. The van der Waals surface area contributed by atoms with E-state index in [0.717, 1.165) is 16.5 Å². The van der Waals surface area contributed by atoms with Crippen molar-refractivity contribution in [1.82, 2.24) is 15.2 Å². The van der Waals surface area contributed by atoms with Gasteiger partial charge < -0.3 is 20.3 Å². The smallest absolute Gasteiger partial charge is 0.268 e. The van der Waals surface area contributed by atoms with E-state index < -0.39 is 17.1 Å². The van der Waals surface area contributed by atoms with Crippen molar-refractivity contribution in [2.75, 3.05) is 13.1 Å². The molecule has 1 aliphatic heterocycles. The molecule has 2 aromatic carbocycles. The molecule has 3 N–H and O–H groups in total. The van der Waals surface area contributed by atoms with E-state index in [9.17, 15) is 14.7 Å². The summed E-state index contributed by atoms with van der Waals surface area (Å²) in [5.74, 6) is -0.538. The van der Waals surface area contributed by atoms with E-state index in [0.29, 0.717) is 30.2 Å². The van der Waals surface area contributed by atoms with Crippen molar-refractivity contribution in [3.63, 3.8) is 0 Å². The Morgan fingerprint density at radius 3 is 2.41 bits per heavy atom. The maximum atomic E-state index is 13.6. The van der Waals surface area contributed by atoms with Gasteiger partial charge in [0.1, 0.15) is 11.7 Å². The number of para-hydroxylation sites is 1. The van der Waals surface area contributed by atoms with Crippen LogP contribution in [0, 0.1) is 11.3 Å². The van der Waals surface area contributed by atoms with Crippen molar-refractivity contribution < 1.29 is 14.7 Å². The lowest BCUT2D eigenvalue weighted by Gasteiger charge is -2.51. The number of benzene rings is 2. The second-order valence-corrected chi connectivity index (χ2v) is 10.7. The molecule has 0 saturated carbocycles. The molecule has 0 radical (unpaired) electrons. The highest BCUT2D eigenvalue weighted by Crippen LogP contribution is 2.46. The van der Waals surface area contributed by atoms with E-state index in [1.807, 2.05) is 64.1 Å². The fraction of sp³-hybridized carbons (Fsp3) is 0.407. The molecule has 0 spiro atoms. The van der Waals surface area contributed by atoms with Gasteiger partial charge in [-0.2, -0.15) is 0 Å². The molecule has 2 atom stereocenters. The van der Waals surface area contributed by atoms with Gasteiger partial charge in [-0.25, -0.2) is 0 Å². The van der Waals surface area contributed by atoms with Gasteiger partial charge in [0.05, 0.1) is 5.60 Å². The second-order valence-electron chi connectivity index (χ2n) is 10.2. The topological polar surface area (TPSA) is 85.4 Å². The fourth-order valence-electron chi connectivity index (χ4n) is 4.90. The van der Waals surface area contributed by atoms with E-state index in [-0.39, 0.29) is 17.7 Å². The number of fused-ring (bicyclic) bond motifs is 1. The number of hydrogen-bond acceptors (Lipinski definition) is 3. The van der Waals surface area contributed by atoms with Crippen LogP contribution in [0.5, 0.6) is 0 Å². The molecular weight excluding hydrogens is 450 g/mol. The summed E-state index contributed by atoms with van der Waals surface area (Å²) < 4.78 is 0. The Balaban J connectivity index is 1.51. The van der Waals surface area contributed by atoms with Crippen LogP contribution in [-0.4, -0.2) is 45.9 Å². The van der Waals surface area contributed by atoms with Gasteiger partial charge in [-0.15, -0.1) is 0 Å². The SMILES string of the molecule is CC(C)[C@@H](NC(=O)c1cc2ccccc2[nH]1)C(=O)N1CC[C@](O)(c2ccc(Cl)cc2)C(C)(C)C1. The van der Waals surface area contributed by atoms with E-state index >= 15 is 0 Å². The summed E-state index contributed by atoms with van der Waals surface area (Å²) in [6.07, 6.45) is 0.397. The molecule has 2 amide bonds. The standard InChI is InChI=1S/C27H32ClN3O3/c1-17(2)23(30-24(32)22-15-18-7-5-6-8-21(18)29-22)25(33)31-14-13-27(34,26(3,4)16-31)19-9-11-20(28)12-10-19/h5-12,15,17,23,29,34H,13-14,16H2,1-4H3,(H,30,32)/t23-,27+/m1/s1. The minimum atomic E-state index is -1.09. The van der Waals surface area contributed by atoms with Crippen LogP contribution in [0.4, 0.5) is 0 Å². The normalized spacial score (nSPS) is 21.0. The molecule has 7 heteroatoms. The average molecular weight is 482 g/mol. The number of hydrogen-bond donors (Lipinski definition) is 3. The number of aliphatic hydroxyl groups is 1. The van der Waals surface area contributed by atoms with Gasteiger partial charge in [0.2, 0.25) is 5.91 Å². The minimum Gasteiger partial charge on any atom is -0.384 e. The number of rotatable bonds is 5. The number of aromatic amines is 1. The molecule has 0 aliphatic carbocycles. The summed E-state index contributed by atoms with van der Waals surface area (Å²) >= 11 is 6.03. The highest BCUT2D eigenvalue weighted by Gasteiger charge is 2.50. The van der Waals surface area contributed by atoms with Crippen LogP contribution in [0.3, 0.4) is 0 Å². The van der Waals surface area contributed by atoms with Crippen LogP contribution in [0.1, 0.15) is 50.2 Å². The number of H-pyrrole nitrogens is 1. The summed E-state index contributed by atoms with van der Waals surface area (Å²) in [6.45, 7) is 8.55. The lowest BCUT2D eigenvalue weighted by atomic mass is 9.66. The summed E-state index contributed by atoms with van der Waals surface area (Å²) in [5.41, 5.74) is 0.406. The van der Waals surface area contributed by atoms with Crippen LogP contribution < -0.4 is 5.32 Å². The van der Waals surface area contributed by atoms with Crippen LogP contribution in [-0.2, 0) is 10.4 Å². The minimum absolute atomic E-state index is 0.0963. The molecule has 1 aromatic heterocycles. The van der Waals surface area contributed by atoms with E-state index in [2.05, 4.69) is 10.3 Å². The molecule has 0 unspecified atom stereocenters. The Kier molecular flexibility index (Phi) is 6.49. The highest BCUT2D eigenvalue weighted by molar-refractivity contribution is 6.30. The molecule has 180 valence electrons. The number of nitrogens with zero attached hydrogens (tertiary/aromatic N) is 1. The molecule has 3 aromatic rings. The number of carbonyl (C=O) groups excluding carboxylic acids is 2. The van der Waals surface area contributed by atoms with Crippen molar-refractivity contribution in [1.29, 1.82) is 0 Å². The molecule has 0 bridgehead atoms. The Hall–Kier alpha value is -2.83. The van der Waals surface area contributed by atoms with Gasteiger partial charge in [-0.3, -0.25) is 9.59 Å². The third-order valence-corrected chi connectivity index (χ3v) is 7.33. The van der Waals surface area contributed by atoms with Crippen LogP contribution in [0.15, 0.2) is 54.6 Å². The summed E-state index contributed by atoms with van der Waals surface area (Å²) in [4.78, 5) is 31.4. The Labute approximate surface area is 205 Å². The van der Waals surface area contributed by atoms with Gasteiger partial charge in [-0.1, -0.05) is 69.6 Å². The van der Waals surface area contributed by atoms with Crippen molar-refractivity contribution in [2.45, 2.75) is 45.8 Å². The highest BCUT2D eigenvalue weighted by atomic mass is 35.5.